The summed E-state index contributed by atoms with van der Waals surface area (Å²) in [7, 11) is 1.61. The molecule has 5 nitrogen and oxygen atoms in total. The second kappa shape index (κ2) is 6.25. The maximum atomic E-state index is 9.90. The first kappa shape index (κ1) is 15.9. The molecular weight excluding hydrogens is 430 g/mol. The quantitative estimate of drug-likeness (QED) is 0.563. The minimum Gasteiger partial charge on any atom is -0.503 e. The fourth-order valence-corrected chi connectivity index (χ4v) is 2.93. The molecule has 2 N–H and O–H groups in total. The number of rotatable bonds is 3. The zero-order valence-corrected chi connectivity index (χ0v) is 15.1. The molecule has 0 spiro atoms. The van der Waals surface area contributed by atoms with Gasteiger partial charge in [0.05, 0.1) is 27.8 Å². The summed E-state index contributed by atoms with van der Waals surface area (Å²) in [4.78, 5) is 4.24. The van der Waals surface area contributed by atoms with Crippen LogP contribution < -0.4 is 4.74 Å². The van der Waals surface area contributed by atoms with Gasteiger partial charge in [0.25, 0.3) is 0 Å². The molecule has 0 fully saturated rings. The monoisotopic (exact) mass is 439 g/mol. The van der Waals surface area contributed by atoms with Crippen LogP contribution in [-0.2, 0) is 0 Å². The summed E-state index contributed by atoms with van der Waals surface area (Å²) < 4.78 is 11.5. The highest BCUT2D eigenvalue weighted by Gasteiger charge is 2.19. The van der Waals surface area contributed by atoms with E-state index in [1.165, 1.54) is 0 Å². The summed E-state index contributed by atoms with van der Waals surface area (Å²) in [5, 5.41) is 19.6. The van der Waals surface area contributed by atoms with Crippen LogP contribution in [0.25, 0.3) is 22.8 Å². The smallest absolute Gasteiger partial charge is 0.228 e. The van der Waals surface area contributed by atoms with Crippen LogP contribution >= 0.6 is 31.9 Å². The number of hydrogen-bond donors (Lipinski definition) is 2. The van der Waals surface area contributed by atoms with Crippen LogP contribution in [0.15, 0.2) is 49.9 Å². The molecule has 1 heterocycles. The van der Waals surface area contributed by atoms with Gasteiger partial charge in [-0.1, -0.05) is 0 Å². The summed E-state index contributed by atoms with van der Waals surface area (Å²) in [6, 6.07) is 9.00. The van der Waals surface area contributed by atoms with Gasteiger partial charge in [0.2, 0.25) is 5.89 Å². The van der Waals surface area contributed by atoms with E-state index in [0.29, 0.717) is 26.2 Å². The molecule has 0 saturated heterocycles. The molecule has 0 bridgehead atoms. The molecule has 0 saturated carbocycles. The van der Waals surface area contributed by atoms with Crippen molar-refractivity contribution in [2.75, 3.05) is 7.11 Å². The SMILES string of the molecule is COc1ccc(-c2cnc(-c3cc(Br)c(O)c(O)c3Br)o2)cc1. The Bertz CT molecular complexity index is 859. The molecule has 0 radical (unpaired) electrons. The Kier molecular flexibility index (Phi) is 4.32. The van der Waals surface area contributed by atoms with Crippen molar-refractivity contribution in [1.82, 2.24) is 4.98 Å². The van der Waals surface area contributed by atoms with Gasteiger partial charge in [-0.3, -0.25) is 0 Å². The number of oxazole rings is 1. The van der Waals surface area contributed by atoms with E-state index < -0.39 is 0 Å². The fraction of sp³-hybridized carbons (Fsp3) is 0.0625. The third kappa shape index (κ3) is 2.94. The van der Waals surface area contributed by atoms with E-state index >= 15 is 0 Å². The lowest BCUT2D eigenvalue weighted by Gasteiger charge is -2.07. The summed E-state index contributed by atoms with van der Waals surface area (Å²) in [5.74, 6) is 1.13. The Morgan fingerprint density at radius 1 is 1.09 bits per heavy atom. The van der Waals surface area contributed by atoms with Gasteiger partial charge in [0.1, 0.15) is 5.75 Å². The number of phenols is 2. The second-order valence-corrected chi connectivity index (χ2v) is 6.32. The Balaban J connectivity index is 2.02. The van der Waals surface area contributed by atoms with E-state index in [0.717, 1.165) is 11.3 Å². The highest BCUT2D eigenvalue weighted by molar-refractivity contribution is 9.11. The van der Waals surface area contributed by atoms with Crippen LogP contribution in [0, 0.1) is 0 Å². The van der Waals surface area contributed by atoms with Crippen LogP contribution in [0.3, 0.4) is 0 Å². The van der Waals surface area contributed by atoms with Gasteiger partial charge < -0.3 is 19.4 Å². The van der Waals surface area contributed by atoms with Crippen molar-refractivity contribution in [3.63, 3.8) is 0 Å². The summed E-state index contributed by atoms with van der Waals surface area (Å²) in [6.07, 6.45) is 1.60. The number of halogens is 2. The first-order valence-electron chi connectivity index (χ1n) is 6.51. The van der Waals surface area contributed by atoms with Crippen LogP contribution in [0.1, 0.15) is 0 Å². The van der Waals surface area contributed by atoms with E-state index in [9.17, 15) is 10.2 Å². The number of aromatic hydroxyl groups is 2. The molecule has 3 aromatic rings. The highest BCUT2D eigenvalue weighted by atomic mass is 79.9. The molecule has 0 unspecified atom stereocenters. The normalized spacial score (nSPS) is 10.7. The number of nitrogens with zero attached hydrogens (tertiary/aromatic N) is 1. The molecular formula is C16H11Br2NO4. The Labute approximate surface area is 148 Å². The molecule has 3 rings (SSSR count). The summed E-state index contributed by atoms with van der Waals surface area (Å²) in [5.41, 5.74) is 1.37. The van der Waals surface area contributed by atoms with Gasteiger partial charge in [0.15, 0.2) is 17.3 Å². The average Bonchev–Trinajstić information content (AvgIpc) is 3.06. The van der Waals surface area contributed by atoms with Gasteiger partial charge in [-0.25, -0.2) is 4.98 Å². The zero-order chi connectivity index (χ0) is 16.6. The van der Waals surface area contributed by atoms with Crippen molar-refractivity contribution in [3.05, 3.63) is 45.5 Å². The first-order chi connectivity index (χ1) is 11.0. The number of aromatic nitrogens is 1. The van der Waals surface area contributed by atoms with Gasteiger partial charge in [0, 0.05) is 5.56 Å². The molecule has 23 heavy (non-hydrogen) atoms. The predicted octanol–water partition coefficient (Wildman–Crippen LogP) is 4.95. The van der Waals surface area contributed by atoms with Crippen LogP contribution in [0.5, 0.6) is 17.2 Å². The van der Waals surface area contributed by atoms with E-state index in [1.807, 2.05) is 24.3 Å². The Morgan fingerprint density at radius 3 is 2.43 bits per heavy atom. The zero-order valence-electron chi connectivity index (χ0n) is 11.9. The molecule has 0 aliphatic heterocycles. The van der Waals surface area contributed by atoms with Gasteiger partial charge in [-0.15, -0.1) is 0 Å². The van der Waals surface area contributed by atoms with Crippen LogP contribution in [-0.4, -0.2) is 22.3 Å². The molecule has 0 amide bonds. The van der Waals surface area contributed by atoms with Crippen molar-refractivity contribution >= 4 is 31.9 Å². The third-order valence-corrected chi connectivity index (χ3v) is 4.68. The molecule has 118 valence electrons. The van der Waals surface area contributed by atoms with Crippen molar-refractivity contribution < 1.29 is 19.4 Å². The number of methoxy groups -OCH3 is 1. The summed E-state index contributed by atoms with van der Waals surface area (Å²) in [6.45, 7) is 0. The third-order valence-electron chi connectivity index (χ3n) is 3.28. The van der Waals surface area contributed by atoms with E-state index in [-0.39, 0.29) is 11.5 Å². The van der Waals surface area contributed by atoms with Crippen molar-refractivity contribution in [1.29, 1.82) is 0 Å². The van der Waals surface area contributed by atoms with Crippen LogP contribution in [0.4, 0.5) is 0 Å². The molecule has 1 aromatic heterocycles. The fourth-order valence-electron chi connectivity index (χ4n) is 2.05. The van der Waals surface area contributed by atoms with E-state index in [1.54, 1.807) is 19.4 Å². The maximum absolute atomic E-state index is 9.90. The molecule has 7 heteroatoms. The largest absolute Gasteiger partial charge is 0.503 e. The van der Waals surface area contributed by atoms with E-state index in [2.05, 4.69) is 36.8 Å². The van der Waals surface area contributed by atoms with Crippen molar-refractivity contribution in [2.45, 2.75) is 0 Å². The lowest BCUT2D eigenvalue weighted by molar-refractivity contribution is 0.399. The Morgan fingerprint density at radius 2 is 1.78 bits per heavy atom. The number of ether oxygens (including phenoxy) is 1. The summed E-state index contributed by atoms with van der Waals surface area (Å²) >= 11 is 6.42. The standard InChI is InChI=1S/C16H11Br2NO4/c1-22-9-4-2-8(3-5-9)12-7-19-16(23-12)10-6-11(17)14(20)15(21)13(10)18/h2-7,20-21H,1H3. The minimum atomic E-state index is -0.279. The number of phenolic OH excluding ortho intramolecular Hbond substituents is 2. The molecule has 2 aromatic carbocycles. The predicted molar refractivity (Wildman–Crippen MR) is 92.7 cm³/mol. The molecule has 0 aliphatic carbocycles. The van der Waals surface area contributed by atoms with Crippen molar-refractivity contribution in [3.8, 4) is 40.0 Å². The maximum Gasteiger partial charge on any atom is 0.228 e. The van der Waals surface area contributed by atoms with Gasteiger partial charge in [-0.2, -0.15) is 0 Å². The highest BCUT2D eigenvalue weighted by Crippen LogP contribution is 2.45. The van der Waals surface area contributed by atoms with Gasteiger partial charge in [-0.05, 0) is 62.2 Å². The van der Waals surface area contributed by atoms with E-state index in [4.69, 9.17) is 9.15 Å². The first-order valence-corrected chi connectivity index (χ1v) is 8.10. The van der Waals surface area contributed by atoms with Gasteiger partial charge >= 0.3 is 0 Å². The number of benzene rings is 2. The number of hydrogen-bond acceptors (Lipinski definition) is 5. The molecule has 0 aliphatic rings. The minimum absolute atomic E-state index is 0.248. The Hall–Kier alpha value is -1.99. The lowest BCUT2D eigenvalue weighted by Crippen LogP contribution is -1.83. The molecule has 0 atom stereocenters. The average molecular weight is 441 g/mol. The second-order valence-electron chi connectivity index (χ2n) is 4.68. The topological polar surface area (TPSA) is 75.7 Å². The van der Waals surface area contributed by atoms with Crippen molar-refractivity contribution in [2.24, 2.45) is 0 Å². The van der Waals surface area contributed by atoms with Crippen LogP contribution in [0.2, 0.25) is 0 Å². The lowest BCUT2D eigenvalue weighted by atomic mass is 10.2.